The summed E-state index contributed by atoms with van der Waals surface area (Å²) < 4.78 is 30.3. The molecule has 1 amide bonds. The number of nitrogens with one attached hydrogen (secondary N) is 1. The van der Waals surface area contributed by atoms with E-state index in [4.69, 9.17) is 0 Å². The topological polar surface area (TPSA) is 97.2 Å². The van der Waals surface area contributed by atoms with E-state index in [0.29, 0.717) is 16.8 Å². The van der Waals surface area contributed by atoms with Gasteiger partial charge >= 0.3 is 0 Å². The van der Waals surface area contributed by atoms with Gasteiger partial charge in [0.05, 0.1) is 16.6 Å². The Morgan fingerprint density at radius 3 is 2.43 bits per heavy atom. The van der Waals surface area contributed by atoms with Crippen LogP contribution >= 0.6 is 0 Å². The molecule has 8 nitrogen and oxygen atoms in total. The Morgan fingerprint density at radius 1 is 1.03 bits per heavy atom. The van der Waals surface area contributed by atoms with Crippen LogP contribution in [0.2, 0.25) is 0 Å². The van der Waals surface area contributed by atoms with Gasteiger partial charge in [0.25, 0.3) is 15.9 Å². The molecule has 3 aromatic carbocycles. The Bertz CT molecular complexity index is 1450. The number of hydrogen-bond acceptors (Lipinski definition) is 5. The number of benzene rings is 3. The van der Waals surface area contributed by atoms with Crippen molar-refractivity contribution in [1.29, 1.82) is 0 Å². The molecule has 0 aliphatic carbocycles. The molecule has 0 saturated carbocycles. The summed E-state index contributed by atoms with van der Waals surface area (Å²) in [6.45, 7) is 5.61. The second-order valence-electron chi connectivity index (χ2n) is 8.48. The van der Waals surface area contributed by atoms with Crippen LogP contribution in [0.25, 0.3) is 5.69 Å². The highest BCUT2D eigenvalue weighted by Gasteiger charge is 2.23. The molecule has 180 valence electrons. The van der Waals surface area contributed by atoms with E-state index in [1.54, 1.807) is 54.1 Å². The summed E-state index contributed by atoms with van der Waals surface area (Å²) in [6, 6.07) is 19.2. The molecule has 0 saturated heterocycles. The third kappa shape index (κ3) is 5.25. The first-order chi connectivity index (χ1) is 16.7. The van der Waals surface area contributed by atoms with Crippen LogP contribution < -0.4 is 4.72 Å². The summed E-state index contributed by atoms with van der Waals surface area (Å²) in [6.07, 6.45) is 3.09. The van der Waals surface area contributed by atoms with E-state index in [1.807, 2.05) is 44.2 Å². The Balaban J connectivity index is 1.56. The minimum atomic E-state index is -3.86. The molecule has 35 heavy (non-hydrogen) atoms. The van der Waals surface area contributed by atoms with Crippen molar-refractivity contribution in [3.05, 3.63) is 102 Å². The average Bonchev–Trinajstić information content (AvgIpc) is 3.38. The molecule has 0 radical (unpaired) electrons. The highest BCUT2D eigenvalue weighted by molar-refractivity contribution is 7.92. The van der Waals surface area contributed by atoms with Crippen LogP contribution in [-0.2, 0) is 10.0 Å². The maximum atomic E-state index is 13.4. The molecule has 1 aromatic heterocycles. The highest BCUT2D eigenvalue weighted by Crippen LogP contribution is 2.25. The lowest BCUT2D eigenvalue weighted by molar-refractivity contribution is 0.0741. The van der Waals surface area contributed by atoms with E-state index in [9.17, 15) is 13.2 Å². The molecule has 0 bridgehead atoms. The van der Waals surface area contributed by atoms with Gasteiger partial charge in [0.1, 0.15) is 12.7 Å². The first-order valence-electron chi connectivity index (χ1n) is 11.1. The fourth-order valence-corrected chi connectivity index (χ4v) is 4.83. The average molecular weight is 490 g/mol. The number of carbonyl (C=O) groups is 1. The number of hydrogen-bond donors (Lipinski definition) is 1. The summed E-state index contributed by atoms with van der Waals surface area (Å²) in [5, 5.41) is 4.12. The fraction of sp³-hybridized carbons (Fsp3) is 0.192. The lowest BCUT2D eigenvalue weighted by Gasteiger charge is -2.26. The summed E-state index contributed by atoms with van der Waals surface area (Å²) in [5.41, 5.74) is 4.25. The standard InChI is InChI=1S/C26H27N5O3S/c1-18-6-5-7-22(14-18)29-35(33,34)24-13-8-19(2)25(15-24)26(32)30(4)20(3)21-9-11-23(12-10-21)31-17-27-16-28-31/h5-17,20,29H,1-4H3. The van der Waals surface area contributed by atoms with Crippen molar-refractivity contribution in [2.45, 2.75) is 31.7 Å². The molecule has 0 aliphatic rings. The van der Waals surface area contributed by atoms with Crippen LogP contribution in [0.15, 0.2) is 84.3 Å². The lowest BCUT2D eigenvalue weighted by atomic mass is 10.0. The zero-order valence-corrected chi connectivity index (χ0v) is 20.8. The Kier molecular flexibility index (Phi) is 6.70. The predicted octanol–water partition coefficient (Wildman–Crippen LogP) is 4.52. The van der Waals surface area contributed by atoms with Crippen molar-refractivity contribution in [3.8, 4) is 5.69 Å². The van der Waals surface area contributed by atoms with Crippen molar-refractivity contribution in [2.24, 2.45) is 0 Å². The van der Waals surface area contributed by atoms with Gasteiger partial charge in [-0.05, 0) is 73.9 Å². The summed E-state index contributed by atoms with van der Waals surface area (Å²) >= 11 is 0. The minimum Gasteiger partial charge on any atom is -0.335 e. The SMILES string of the molecule is Cc1cccc(NS(=O)(=O)c2ccc(C)c(C(=O)N(C)C(C)c3ccc(-n4cncn4)cc3)c2)c1. The van der Waals surface area contributed by atoms with Gasteiger partial charge in [-0.1, -0.05) is 30.3 Å². The van der Waals surface area contributed by atoms with Crippen LogP contribution in [0.4, 0.5) is 5.69 Å². The number of nitrogens with zero attached hydrogens (tertiary/aromatic N) is 4. The lowest BCUT2D eigenvalue weighted by Crippen LogP contribution is -2.30. The third-order valence-electron chi connectivity index (χ3n) is 5.98. The monoisotopic (exact) mass is 489 g/mol. The number of anilines is 1. The normalized spacial score (nSPS) is 12.2. The Morgan fingerprint density at radius 2 is 1.77 bits per heavy atom. The Labute approximate surface area is 205 Å². The molecule has 0 fully saturated rings. The van der Waals surface area contributed by atoms with Crippen molar-refractivity contribution < 1.29 is 13.2 Å². The van der Waals surface area contributed by atoms with Crippen molar-refractivity contribution in [1.82, 2.24) is 19.7 Å². The van der Waals surface area contributed by atoms with Gasteiger partial charge in [0.15, 0.2) is 0 Å². The molecule has 1 heterocycles. The number of rotatable bonds is 7. The quantitative estimate of drug-likeness (QED) is 0.412. The van der Waals surface area contributed by atoms with Crippen molar-refractivity contribution in [3.63, 3.8) is 0 Å². The van der Waals surface area contributed by atoms with Gasteiger partial charge in [-0.2, -0.15) is 5.10 Å². The largest absolute Gasteiger partial charge is 0.335 e. The first kappa shape index (κ1) is 24.2. The van der Waals surface area contributed by atoms with Gasteiger partial charge in [-0.25, -0.2) is 18.1 Å². The molecule has 4 rings (SSSR count). The number of sulfonamides is 1. The smallest absolute Gasteiger partial charge is 0.261 e. The molecule has 0 aliphatic heterocycles. The number of aromatic nitrogens is 3. The summed E-state index contributed by atoms with van der Waals surface area (Å²) in [4.78, 5) is 19.0. The van der Waals surface area contributed by atoms with Crippen LogP contribution in [0.3, 0.4) is 0 Å². The van der Waals surface area contributed by atoms with Crippen LogP contribution in [0.5, 0.6) is 0 Å². The van der Waals surface area contributed by atoms with E-state index in [2.05, 4.69) is 14.8 Å². The minimum absolute atomic E-state index is 0.0335. The second-order valence-corrected chi connectivity index (χ2v) is 10.2. The molecule has 9 heteroatoms. The van der Waals surface area contributed by atoms with Gasteiger partial charge in [0, 0.05) is 18.3 Å². The Hall–Kier alpha value is -3.98. The number of aryl methyl sites for hydroxylation is 2. The molecular formula is C26H27N5O3S. The van der Waals surface area contributed by atoms with E-state index in [1.165, 1.54) is 18.5 Å². The molecular weight excluding hydrogens is 462 g/mol. The maximum absolute atomic E-state index is 13.4. The van der Waals surface area contributed by atoms with Gasteiger partial charge in [-0.3, -0.25) is 9.52 Å². The van der Waals surface area contributed by atoms with Gasteiger partial charge in [-0.15, -0.1) is 0 Å². The van der Waals surface area contributed by atoms with Gasteiger partial charge in [0.2, 0.25) is 0 Å². The van der Waals surface area contributed by atoms with E-state index in [0.717, 1.165) is 16.8 Å². The van der Waals surface area contributed by atoms with E-state index >= 15 is 0 Å². The zero-order valence-electron chi connectivity index (χ0n) is 20.0. The molecule has 0 spiro atoms. The molecule has 1 atom stereocenters. The second kappa shape index (κ2) is 9.71. The zero-order chi connectivity index (χ0) is 25.2. The number of amides is 1. The van der Waals surface area contributed by atoms with Crippen LogP contribution in [0.1, 0.15) is 40.0 Å². The van der Waals surface area contributed by atoms with Crippen molar-refractivity contribution >= 4 is 21.6 Å². The summed E-state index contributed by atoms with van der Waals surface area (Å²) in [5.74, 6) is -0.261. The predicted molar refractivity (Wildman–Crippen MR) is 135 cm³/mol. The first-order valence-corrected chi connectivity index (χ1v) is 12.6. The van der Waals surface area contributed by atoms with Crippen LogP contribution in [-0.4, -0.2) is 41.0 Å². The molecule has 4 aromatic rings. The summed E-state index contributed by atoms with van der Waals surface area (Å²) in [7, 11) is -2.15. The molecule has 1 unspecified atom stereocenters. The highest BCUT2D eigenvalue weighted by atomic mass is 32.2. The maximum Gasteiger partial charge on any atom is 0.261 e. The third-order valence-corrected chi connectivity index (χ3v) is 7.36. The fourth-order valence-electron chi connectivity index (χ4n) is 3.76. The van der Waals surface area contributed by atoms with Crippen LogP contribution in [0, 0.1) is 13.8 Å². The van der Waals surface area contributed by atoms with E-state index in [-0.39, 0.29) is 16.8 Å². The number of carbonyl (C=O) groups excluding carboxylic acids is 1. The molecule has 1 N–H and O–H groups in total. The van der Waals surface area contributed by atoms with Gasteiger partial charge < -0.3 is 4.90 Å². The van der Waals surface area contributed by atoms with E-state index < -0.39 is 10.0 Å². The van der Waals surface area contributed by atoms with Crippen molar-refractivity contribution in [2.75, 3.05) is 11.8 Å².